The molecule has 0 aliphatic rings. The van der Waals surface area contributed by atoms with Crippen LogP contribution in [-0.4, -0.2) is 62.1 Å². The highest BCUT2D eigenvalue weighted by atomic mass is 16.5. The van der Waals surface area contributed by atoms with E-state index >= 15 is 0 Å². The molecule has 0 radical (unpaired) electrons. The molecule has 0 amide bonds. The first-order chi connectivity index (χ1) is 14.6. The third kappa shape index (κ3) is 5.10. The quantitative estimate of drug-likeness (QED) is 0.492. The van der Waals surface area contributed by atoms with E-state index in [0.29, 0.717) is 38.2 Å². The molecule has 30 heavy (non-hydrogen) atoms. The molecule has 2 heterocycles. The van der Waals surface area contributed by atoms with E-state index in [-0.39, 0.29) is 18.2 Å². The van der Waals surface area contributed by atoms with Gasteiger partial charge in [0.15, 0.2) is 5.82 Å². The second-order valence-electron chi connectivity index (χ2n) is 7.44. The van der Waals surface area contributed by atoms with Gasteiger partial charge in [-0.05, 0) is 53.8 Å². The fourth-order valence-corrected chi connectivity index (χ4v) is 3.72. The smallest absolute Gasteiger partial charge is 0.252 e. The maximum Gasteiger partial charge on any atom is 0.252 e. The van der Waals surface area contributed by atoms with Crippen molar-refractivity contribution in [2.24, 2.45) is 0 Å². The van der Waals surface area contributed by atoms with Crippen molar-refractivity contribution < 1.29 is 9.84 Å². The maximum absolute atomic E-state index is 12.7. The Bertz CT molecular complexity index is 1020. The fraction of sp³-hybridized carbons (Fsp3) is 0.524. The molecule has 9 heteroatoms. The van der Waals surface area contributed by atoms with Gasteiger partial charge in [-0.25, -0.2) is 4.68 Å². The van der Waals surface area contributed by atoms with Gasteiger partial charge < -0.3 is 14.8 Å². The number of aromatic amines is 1. The van der Waals surface area contributed by atoms with Crippen molar-refractivity contribution in [1.82, 2.24) is 30.1 Å². The number of aliphatic hydroxyl groups excluding tert-OH is 1. The predicted octanol–water partition coefficient (Wildman–Crippen LogP) is 1.81. The lowest BCUT2D eigenvalue weighted by atomic mass is 10.1. The van der Waals surface area contributed by atoms with Gasteiger partial charge in [0, 0.05) is 37.9 Å². The van der Waals surface area contributed by atoms with Crippen LogP contribution >= 0.6 is 0 Å². The maximum atomic E-state index is 12.7. The number of aliphatic hydroxyl groups is 1. The third-order valence-electron chi connectivity index (χ3n) is 5.25. The molecule has 1 aromatic carbocycles. The first kappa shape index (κ1) is 22.1. The van der Waals surface area contributed by atoms with E-state index in [4.69, 9.17) is 4.74 Å². The summed E-state index contributed by atoms with van der Waals surface area (Å²) in [5, 5.41) is 22.6. The molecule has 0 saturated carbocycles. The van der Waals surface area contributed by atoms with Crippen molar-refractivity contribution >= 4 is 10.9 Å². The first-order valence-corrected chi connectivity index (χ1v) is 10.3. The van der Waals surface area contributed by atoms with E-state index in [1.165, 1.54) is 0 Å². The number of H-pyrrole nitrogens is 1. The van der Waals surface area contributed by atoms with Crippen LogP contribution in [-0.2, 0) is 17.8 Å². The molecule has 0 aliphatic carbocycles. The second-order valence-corrected chi connectivity index (χ2v) is 7.44. The Labute approximate surface area is 175 Å². The van der Waals surface area contributed by atoms with Crippen molar-refractivity contribution in [3.05, 3.63) is 51.6 Å². The van der Waals surface area contributed by atoms with Crippen LogP contribution in [0.4, 0.5) is 0 Å². The number of hydrogen-bond acceptors (Lipinski definition) is 7. The SMILES string of the molecule is CC[C@@H](c1nnnn1CCOC)N(CCCO)Cc1cc2cc(C)ccc2[nH]c1=O. The molecule has 2 N–H and O–H groups in total. The number of hydrogen-bond donors (Lipinski definition) is 2. The first-order valence-electron chi connectivity index (χ1n) is 10.3. The van der Waals surface area contributed by atoms with Crippen LogP contribution in [0.15, 0.2) is 29.1 Å². The number of aryl methyl sites for hydroxylation is 1. The Kier molecular flexibility index (Phi) is 7.67. The lowest BCUT2D eigenvalue weighted by Gasteiger charge is -2.30. The minimum Gasteiger partial charge on any atom is -0.396 e. The number of aromatic nitrogens is 5. The van der Waals surface area contributed by atoms with Crippen LogP contribution in [0.2, 0.25) is 0 Å². The number of rotatable bonds is 11. The zero-order chi connectivity index (χ0) is 21.5. The molecular weight excluding hydrogens is 384 g/mol. The number of benzene rings is 1. The third-order valence-corrected chi connectivity index (χ3v) is 5.25. The van der Waals surface area contributed by atoms with Crippen LogP contribution in [0.3, 0.4) is 0 Å². The fourth-order valence-electron chi connectivity index (χ4n) is 3.72. The second kappa shape index (κ2) is 10.4. The molecular formula is C21H30N6O3. The highest BCUT2D eigenvalue weighted by Gasteiger charge is 2.25. The highest BCUT2D eigenvalue weighted by Crippen LogP contribution is 2.24. The van der Waals surface area contributed by atoms with E-state index in [1.807, 2.05) is 25.1 Å². The van der Waals surface area contributed by atoms with Gasteiger partial charge >= 0.3 is 0 Å². The summed E-state index contributed by atoms with van der Waals surface area (Å²) in [6.07, 6.45) is 1.37. The Balaban J connectivity index is 1.93. The van der Waals surface area contributed by atoms with Gasteiger partial charge in [-0.1, -0.05) is 18.6 Å². The highest BCUT2D eigenvalue weighted by molar-refractivity contribution is 5.79. The molecule has 1 atom stereocenters. The van der Waals surface area contributed by atoms with Crippen molar-refractivity contribution in [1.29, 1.82) is 0 Å². The number of ether oxygens (including phenoxy) is 1. The average Bonchev–Trinajstić information content (AvgIpc) is 3.19. The number of nitrogens with one attached hydrogen (secondary N) is 1. The zero-order valence-electron chi connectivity index (χ0n) is 17.8. The molecule has 0 unspecified atom stereocenters. The van der Waals surface area contributed by atoms with Crippen LogP contribution in [0.25, 0.3) is 10.9 Å². The van der Waals surface area contributed by atoms with Gasteiger partial charge in [0.25, 0.3) is 5.56 Å². The van der Waals surface area contributed by atoms with E-state index in [0.717, 1.165) is 28.7 Å². The minimum atomic E-state index is -0.103. The molecule has 0 saturated heterocycles. The molecule has 0 bridgehead atoms. The summed E-state index contributed by atoms with van der Waals surface area (Å²) in [5.74, 6) is 0.737. The summed E-state index contributed by atoms with van der Waals surface area (Å²) in [4.78, 5) is 17.9. The van der Waals surface area contributed by atoms with E-state index in [2.05, 4.69) is 38.4 Å². The van der Waals surface area contributed by atoms with Crippen LogP contribution < -0.4 is 5.56 Å². The minimum absolute atomic E-state index is 0.0782. The number of nitrogens with zero attached hydrogens (tertiary/aromatic N) is 5. The Morgan fingerprint density at radius 3 is 2.90 bits per heavy atom. The Hall–Kier alpha value is -2.62. The summed E-state index contributed by atoms with van der Waals surface area (Å²) in [7, 11) is 1.64. The lowest BCUT2D eigenvalue weighted by molar-refractivity contribution is 0.145. The van der Waals surface area contributed by atoms with Crippen LogP contribution in [0, 0.1) is 6.92 Å². The Morgan fingerprint density at radius 2 is 2.17 bits per heavy atom. The molecule has 0 spiro atoms. The summed E-state index contributed by atoms with van der Waals surface area (Å²) in [5.41, 5.74) is 2.54. The van der Waals surface area contributed by atoms with Gasteiger partial charge in [-0.2, -0.15) is 0 Å². The number of fused-ring (bicyclic) bond motifs is 1. The molecule has 3 aromatic rings. The lowest BCUT2D eigenvalue weighted by Crippen LogP contribution is -2.34. The van der Waals surface area contributed by atoms with Gasteiger partial charge in [-0.15, -0.1) is 5.10 Å². The normalized spacial score (nSPS) is 12.7. The average molecular weight is 415 g/mol. The van der Waals surface area contributed by atoms with Gasteiger partial charge in [0.2, 0.25) is 0 Å². The summed E-state index contributed by atoms with van der Waals surface area (Å²) >= 11 is 0. The van der Waals surface area contributed by atoms with Crippen molar-refractivity contribution in [3.63, 3.8) is 0 Å². The summed E-state index contributed by atoms with van der Waals surface area (Å²) in [6.45, 7) is 6.31. The molecule has 2 aromatic heterocycles. The largest absolute Gasteiger partial charge is 0.396 e. The monoisotopic (exact) mass is 414 g/mol. The molecule has 0 aliphatic heterocycles. The summed E-state index contributed by atoms with van der Waals surface area (Å²) < 4.78 is 6.91. The predicted molar refractivity (Wildman–Crippen MR) is 114 cm³/mol. The standard InChI is InChI=1S/C21H30N6O3/c1-4-19(20-23-24-25-27(20)9-11-30-3)26(8-5-10-28)14-17-13-16-12-15(2)6-7-18(16)22-21(17)29/h6-7,12-13,19,28H,4-5,8-11,14H2,1-3H3,(H,22,29)/t19-/m0/s1. The number of pyridine rings is 1. The number of tetrazole rings is 1. The van der Waals surface area contributed by atoms with Crippen LogP contribution in [0.5, 0.6) is 0 Å². The molecule has 0 fully saturated rings. The van der Waals surface area contributed by atoms with Gasteiger partial charge in [-0.3, -0.25) is 9.69 Å². The van der Waals surface area contributed by atoms with Gasteiger partial charge in [0.1, 0.15) is 0 Å². The van der Waals surface area contributed by atoms with Crippen LogP contribution in [0.1, 0.15) is 42.8 Å². The van der Waals surface area contributed by atoms with E-state index in [1.54, 1.807) is 11.8 Å². The van der Waals surface area contributed by atoms with Crippen molar-refractivity contribution in [3.8, 4) is 0 Å². The topological polar surface area (TPSA) is 109 Å². The summed E-state index contributed by atoms with van der Waals surface area (Å²) in [6, 6.07) is 7.84. The number of methoxy groups -OCH3 is 1. The molecule has 162 valence electrons. The zero-order valence-corrected chi connectivity index (χ0v) is 17.8. The molecule has 9 nitrogen and oxygen atoms in total. The van der Waals surface area contributed by atoms with Crippen molar-refractivity contribution in [2.45, 2.75) is 45.8 Å². The Morgan fingerprint density at radius 1 is 1.33 bits per heavy atom. The van der Waals surface area contributed by atoms with Crippen molar-refractivity contribution in [2.75, 3.05) is 26.9 Å². The van der Waals surface area contributed by atoms with E-state index < -0.39 is 0 Å². The van der Waals surface area contributed by atoms with E-state index in [9.17, 15) is 9.90 Å². The van der Waals surface area contributed by atoms with Gasteiger partial charge in [0.05, 0.1) is 19.2 Å². The molecule has 3 rings (SSSR count).